The summed E-state index contributed by atoms with van der Waals surface area (Å²) in [7, 11) is 8.26. The van der Waals surface area contributed by atoms with Gasteiger partial charge in [-0.15, -0.1) is 0 Å². The van der Waals surface area contributed by atoms with Crippen LogP contribution < -0.4 is 14.5 Å². The van der Waals surface area contributed by atoms with Crippen LogP contribution in [0.15, 0.2) is 164 Å². The van der Waals surface area contributed by atoms with Crippen molar-refractivity contribution < 1.29 is 33.2 Å². The van der Waals surface area contributed by atoms with Crippen molar-refractivity contribution in [2.45, 2.75) is 88.6 Å². The standard InChI is InChI=1S/C55H62N2O7/c1-40-51(59-37-41-21-9-6-10-22-41)52(60-38-42-23-11-7-12-24-42)53(61-39-43-25-13-8-14-26-43)54(62-40)58-34-18-17-33-50-63-49-32-16-15-31-48(49)55(64-50,44-27-19-29-46(35-44)56(2)3)45-28-20-30-47(36-45)57(4)5/h6-16,19-32,35-36,40,50-54H,17-18,33-34,37-39H2,1-5H3/t40-,50?,51-,52+,53+,54+/m0/s1. The minimum Gasteiger partial charge on any atom is -0.464 e. The number of fused-ring (bicyclic) bond motifs is 1. The number of hydrogen-bond donors (Lipinski definition) is 0. The number of benzene rings is 6. The molecular weight excluding hydrogens is 801 g/mol. The lowest BCUT2D eigenvalue weighted by Crippen LogP contribution is -2.60. The van der Waals surface area contributed by atoms with Gasteiger partial charge in [0.25, 0.3) is 0 Å². The summed E-state index contributed by atoms with van der Waals surface area (Å²) in [4.78, 5) is 4.25. The maximum Gasteiger partial charge on any atom is 0.201 e. The lowest BCUT2D eigenvalue weighted by atomic mass is 9.78. The molecule has 1 fully saturated rings. The van der Waals surface area contributed by atoms with Crippen LogP contribution in [-0.2, 0) is 53.8 Å². The number of anilines is 2. The van der Waals surface area contributed by atoms with Crippen LogP contribution in [-0.4, -0.2) is 71.8 Å². The molecule has 0 aromatic heterocycles. The SMILES string of the molecule is C[C@@H]1O[C@@H](OCCCCC2Oc3ccccc3C(c3cccc(N(C)C)c3)(c3cccc(N(C)C)c3)O2)[C@H](OCc2ccccc2)[C@H](OCc2ccccc2)[C@H]1OCc1ccccc1. The van der Waals surface area contributed by atoms with Crippen LogP contribution in [0.25, 0.3) is 0 Å². The van der Waals surface area contributed by atoms with E-state index in [1.54, 1.807) is 0 Å². The Morgan fingerprint density at radius 1 is 0.516 bits per heavy atom. The molecule has 0 amide bonds. The highest BCUT2D eigenvalue weighted by Crippen LogP contribution is 2.50. The number of hydrogen-bond acceptors (Lipinski definition) is 9. The van der Waals surface area contributed by atoms with Crippen LogP contribution >= 0.6 is 0 Å². The molecule has 8 rings (SSSR count). The predicted molar refractivity (Wildman–Crippen MR) is 253 cm³/mol. The molecule has 64 heavy (non-hydrogen) atoms. The largest absolute Gasteiger partial charge is 0.464 e. The minimum absolute atomic E-state index is 0.333. The zero-order chi connectivity index (χ0) is 44.3. The van der Waals surface area contributed by atoms with Gasteiger partial charge in [-0.05, 0) is 77.9 Å². The third-order valence-electron chi connectivity index (χ3n) is 12.1. The molecule has 0 bridgehead atoms. The fourth-order valence-electron chi connectivity index (χ4n) is 8.64. The van der Waals surface area contributed by atoms with Crippen molar-refractivity contribution in [1.29, 1.82) is 0 Å². The maximum absolute atomic E-state index is 7.31. The first-order valence-electron chi connectivity index (χ1n) is 22.5. The second-order valence-electron chi connectivity index (χ2n) is 17.1. The molecule has 1 unspecified atom stereocenters. The first kappa shape index (κ1) is 45.1. The van der Waals surface area contributed by atoms with Crippen molar-refractivity contribution >= 4 is 11.4 Å². The third-order valence-corrected chi connectivity index (χ3v) is 12.1. The average molecular weight is 863 g/mol. The van der Waals surface area contributed by atoms with E-state index in [0.717, 1.165) is 63.3 Å². The van der Waals surface area contributed by atoms with E-state index in [-0.39, 0.29) is 6.10 Å². The third kappa shape index (κ3) is 10.7. The molecule has 6 aromatic carbocycles. The van der Waals surface area contributed by atoms with Gasteiger partial charge in [-0.2, -0.15) is 0 Å². The van der Waals surface area contributed by atoms with Gasteiger partial charge in [0.2, 0.25) is 6.29 Å². The number of nitrogens with zero attached hydrogens (tertiary/aromatic N) is 2. The Balaban J connectivity index is 1.00. The van der Waals surface area contributed by atoms with E-state index in [1.807, 2.05) is 67.6 Å². The molecule has 2 aliphatic rings. The molecule has 6 atom stereocenters. The first-order valence-corrected chi connectivity index (χ1v) is 22.5. The van der Waals surface area contributed by atoms with Crippen molar-refractivity contribution in [1.82, 2.24) is 0 Å². The molecule has 9 heteroatoms. The Hall–Kier alpha value is -5.52. The summed E-state index contributed by atoms with van der Waals surface area (Å²) in [6.45, 7) is 3.65. The zero-order valence-electron chi connectivity index (χ0n) is 37.8. The Morgan fingerprint density at radius 2 is 1.02 bits per heavy atom. The Morgan fingerprint density at radius 3 is 1.56 bits per heavy atom. The highest BCUT2D eigenvalue weighted by Gasteiger charge is 2.48. The molecule has 0 N–H and O–H groups in total. The topological polar surface area (TPSA) is 71.1 Å². The van der Waals surface area contributed by atoms with Crippen LogP contribution in [0.5, 0.6) is 5.75 Å². The molecule has 6 aromatic rings. The maximum atomic E-state index is 7.31. The quantitative estimate of drug-likeness (QED) is 0.0741. The lowest BCUT2D eigenvalue weighted by Gasteiger charge is -2.45. The minimum atomic E-state index is -0.919. The van der Waals surface area contributed by atoms with Gasteiger partial charge in [0.05, 0.1) is 25.9 Å². The highest BCUT2D eigenvalue weighted by atomic mass is 16.7. The normalized spacial score (nSPS) is 21.4. The number of para-hydroxylation sites is 1. The smallest absolute Gasteiger partial charge is 0.201 e. The zero-order valence-corrected chi connectivity index (χ0v) is 37.8. The molecule has 2 aliphatic heterocycles. The van der Waals surface area contributed by atoms with Gasteiger partial charge in [0.1, 0.15) is 24.1 Å². The van der Waals surface area contributed by atoms with Gasteiger partial charge in [0, 0.05) is 58.2 Å². The van der Waals surface area contributed by atoms with Crippen LogP contribution in [0.1, 0.15) is 59.6 Å². The van der Waals surface area contributed by atoms with Crippen LogP contribution in [0.4, 0.5) is 11.4 Å². The van der Waals surface area contributed by atoms with Crippen molar-refractivity contribution in [3.63, 3.8) is 0 Å². The van der Waals surface area contributed by atoms with Crippen molar-refractivity contribution in [2.24, 2.45) is 0 Å². The molecule has 2 heterocycles. The summed E-state index contributed by atoms with van der Waals surface area (Å²) >= 11 is 0. The Bertz CT molecular complexity index is 2290. The Labute approximate surface area is 379 Å². The van der Waals surface area contributed by atoms with Gasteiger partial charge in [0.15, 0.2) is 11.9 Å². The number of rotatable bonds is 19. The van der Waals surface area contributed by atoms with E-state index < -0.39 is 36.5 Å². The van der Waals surface area contributed by atoms with Gasteiger partial charge in [-0.25, -0.2) is 0 Å². The van der Waals surface area contributed by atoms with E-state index in [1.165, 1.54) is 0 Å². The highest BCUT2D eigenvalue weighted by molar-refractivity contribution is 5.60. The molecule has 0 aliphatic carbocycles. The molecule has 0 saturated carbocycles. The fourth-order valence-corrected chi connectivity index (χ4v) is 8.64. The fraction of sp³-hybridized carbons (Fsp3) is 0.345. The van der Waals surface area contributed by atoms with Gasteiger partial charge in [-0.1, -0.05) is 133 Å². The van der Waals surface area contributed by atoms with Crippen LogP contribution in [0.3, 0.4) is 0 Å². The summed E-state index contributed by atoms with van der Waals surface area (Å²) in [5.41, 5.74) is 7.51. The molecule has 0 spiro atoms. The summed E-state index contributed by atoms with van der Waals surface area (Å²) in [5, 5.41) is 0. The Kier molecular flexibility index (Phi) is 15.1. The molecular formula is C55H62N2O7. The molecule has 1 saturated heterocycles. The summed E-state index contributed by atoms with van der Waals surface area (Å²) in [6.07, 6.45) is -0.827. The second kappa shape index (κ2) is 21.4. The van der Waals surface area contributed by atoms with Crippen LogP contribution in [0, 0.1) is 0 Å². The molecule has 9 nitrogen and oxygen atoms in total. The van der Waals surface area contributed by atoms with Crippen molar-refractivity contribution in [3.05, 3.63) is 197 Å². The van der Waals surface area contributed by atoms with E-state index in [0.29, 0.717) is 32.8 Å². The number of unbranched alkanes of at least 4 members (excludes halogenated alkanes) is 1. The van der Waals surface area contributed by atoms with Gasteiger partial charge >= 0.3 is 0 Å². The van der Waals surface area contributed by atoms with E-state index in [4.69, 9.17) is 33.2 Å². The van der Waals surface area contributed by atoms with Crippen molar-refractivity contribution in [3.8, 4) is 5.75 Å². The van der Waals surface area contributed by atoms with Crippen molar-refractivity contribution in [2.75, 3.05) is 44.6 Å². The van der Waals surface area contributed by atoms with E-state index in [9.17, 15) is 0 Å². The summed E-state index contributed by atoms with van der Waals surface area (Å²) in [5.74, 6) is 0.814. The van der Waals surface area contributed by atoms with Crippen LogP contribution in [0.2, 0.25) is 0 Å². The lowest BCUT2D eigenvalue weighted by molar-refractivity contribution is -0.320. The first-order chi connectivity index (χ1) is 31.3. The predicted octanol–water partition coefficient (Wildman–Crippen LogP) is 10.5. The number of ether oxygens (including phenoxy) is 7. The molecule has 0 radical (unpaired) electrons. The van der Waals surface area contributed by atoms with E-state index >= 15 is 0 Å². The summed E-state index contributed by atoms with van der Waals surface area (Å²) < 4.78 is 47.5. The van der Waals surface area contributed by atoms with E-state index in [2.05, 4.69) is 141 Å². The molecule has 334 valence electrons. The second-order valence-corrected chi connectivity index (χ2v) is 17.1. The average Bonchev–Trinajstić information content (AvgIpc) is 3.33. The van der Waals surface area contributed by atoms with Gasteiger partial charge < -0.3 is 43.0 Å². The summed E-state index contributed by atoms with van der Waals surface area (Å²) in [6, 6.07) is 56.1. The monoisotopic (exact) mass is 862 g/mol. The van der Waals surface area contributed by atoms with Gasteiger partial charge in [-0.3, -0.25) is 0 Å².